The number of pyridine rings is 2. The van der Waals surface area contributed by atoms with Crippen molar-refractivity contribution in [3.63, 3.8) is 0 Å². The van der Waals surface area contributed by atoms with Gasteiger partial charge in [0.1, 0.15) is 23.7 Å². The molecule has 0 spiro atoms. The van der Waals surface area contributed by atoms with Gasteiger partial charge in [-0.2, -0.15) is 13.2 Å². The molecule has 12 heteroatoms. The first-order valence-electron chi connectivity index (χ1n) is 13.6. The highest BCUT2D eigenvalue weighted by molar-refractivity contribution is 6.03. The number of hydrogen-bond donors (Lipinski definition) is 2. The zero-order valence-electron chi connectivity index (χ0n) is 23.4. The lowest BCUT2D eigenvalue weighted by Crippen LogP contribution is -2.42. The summed E-state index contributed by atoms with van der Waals surface area (Å²) >= 11 is 0. The number of benzene rings is 1. The maximum atomic E-state index is 14.0. The van der Waals surface area contributed by atoms with Crippen LogP contribution < -0.4 is 19.9 Å². The Kier molecular flexibility index (Phi) is 9.23. The first-order valence-corrected chi connectivity index (χ1v) is 13.6. The van der Waals surface area contributed by atoms with Crippen LogP contribution in [0, 0.1) is 11.8 Å². The first-order chi connectivity index (χ1) is 19.8. The van der Waals surface area contributed by atoms with E-state index in [4.69, 9.17) is 9.47 Å². The number of halogens is 3. The Morgan fingerprint density at radius 3 is 2.43 bits per heavy atom. The predicted octanol–water partition coefficient (Wildman–Crippen LogP) is 6.43. The van der Waals surface area contributed by atoms with Crippen LogP contribution in [-0.4, -0.2) is 33.0 Å². The van der Waals surface area contributed by atoms with Crippen molar-refractivity contribution in [3.8, 4) is 17.4 Å². The highest BCUT2D eigenvalue weighted by Gasteiger charge is 2.37. The van der Waals surface area contributed by atoms with Crippen molar-refractivity contribution in [1.29, 1.82) is 0 Å². The number of ether oxygens (including phenoxy) is 2. The van der Waals surface area contributed by atoms with Crippen molar-refractivity contribution >= 4 is 17.6 Å². The molecule has 2 N–H and O–H groups in total. The van der Waals surface area contributed by atoms with Crippen LogP contribution >= 0.6 is 0 Å². The summed E-state index contributed by atoms with van der Waals surface area (Å²) in [6.45, 7) is 5.40. The first kappa shape index (κ1) is 30.6. The monoisotopic (exact) mass is 587 g/mol. The second kappa shape index (κ2) is 12.7. The Morgan fingerprint density at radius 1 is 1.10 bits per heavy atom. The Labute approximate surface area is 240 Å². The highest BCUT2D eigenvalue weighted by Crippen LogP contribution is 2.39. The number of H-pyrrole nitrogens is 1. The van der Waals surface area contributed by atoms with Crippen LogP contribution in [0.4, 0.5) is 18.9 Å². The molecule has 1 aliphatic rings. The van der Waals surface area contributed by atoms with Gasteiger partial charge in [0.05, 0.1) is 11.3 Å². The van der Waals surface area contributed by atoms with Gasteiger partial charge >= 0.3 is 12.1 Å². The van der Waals surface area contributed by atoms with Gasteiger partial charge in [-0.25, -0.2) is 9.78 Å². The van der Waals surface area contributed by atoms with Gasteiger partial charge in [-0.3, -0.25) is 9.59 Å². The van der Waals surface area contributed by atoms with Crippen LogP contribution in [0.15, 0.2) is 53.6 Å². The zero-order chi connectivity index (χ0) is 30.6. The van der Waals surface area contributed by atoms with Gasteiger partial charge in [0, 0.05) is 36.0 Å². The standard InChI is InChI=1S/C30H32F3N3O6/c1-17(2)36(28(38)20-6-4-18(3)5-7-20)25-9-8-22(13-23(25)29(39)40)42-27-24(30(31,32)33)12-19(15-35-27)16-41-21-10-11-34-26(37)14-21/h8-15,17-18,20H,4-7,16H2,1-3H3,(H,34,37)(H,39,40). The van der Waals surface area contributed by atoms with E-state index in [9.17, 15) is 32.7 Å². The van der Waals surface area contributed by atoms with E-state index in [0.717, 1.165) is 37.2 Å². The normalized spacial score (nSPS) is 17.1. The Morgan fingerprint density at radius 2 is 1.81 bits per heavy atom. The van der Waals surface area contributed by atoms with Gasteiger partial charge in [0.25, 0.3) is 5.56 Å². The van der Waals surface area contributed by atoms with Gasteiger partial charge in [-0.05, 0) is 75.8 Å². The molecule has 1 aromatic carbocycles. The summed E-state index contributed by atoms with van der Waals surface area (Å²) in [7, 11) is 0. The molecule has 0 unspecified atom stereocenters. The number of anilines is 1. The topological polar surface area (TPSA) is 122 Å². The third kappa shape index (κ3) is 7.29. The molecule has 3 aromatic rings. The zero-order valence-corrected chi connectivity index (χ0v) is 23.4. The molecule has 9 nitrogen and oxygen atoms in total. The molecular formula is C30H32F3N3O6. The van der Waals surface area contributed by atoms with Crippen LogP contribution in [0.3, 0.4) is 0 Å². The van der Waals surface area contributed by atoms with Crippen molar-refractivity contribution in [2.45, 2.75) is 65.3 Å². The summed E-state index contributed by atoms with van der Waals surface area (Å²) in [6, 6.07) is 6.84. The maximum absolute atomic E-state index is 14.0. The fraction of sp³-hybridized carbons (Fsp3) is 0.400. The summed E-state index contributed by atoms with van der Waals surface area (Å²) in [5.41, 5.74) is -1.69. The average molecular weight is 588 g/mol. The summed E-state index contributed by atoms with van der Waals surface area (Å²) in [5, 5.41) is 9.98. The summed E-state index contributed by atoms with van der Waals surface area (Å²) in [4.78, 5) is 44.8. The quantitative estimate of drug-likeness (QED) is 0.296. The number of aromatic nitrogens is 2. The fourth-order valence-electron chi connectivity index (χ4n) is 4.97. The fourth-order valence-corrected chi connectivity index (χ4v) is 4.97. The van der Waals surface area contributed by atoms with E-state index in [1.807, 2.05) is 0 Å². The molecule has 0 bridgehead atoms. The van der Waals surface area contributed by atoms with Gasteiger partial charge < -0.3 is 24.5 Å². The number of alkyl halides is 3. The van der Waals surface area contributed by atoms with Gasteiger partial charge in [-0.15, -0.1) is 0 Å². The number of carbonyl (C=O) groups excluding carboxylic acids is 1. The number of carbonyl (C=O) groups is 2. The Hall–Kier alpha value is -4.35. The molecule has 4 rings (SSSR count). The van der Waals surface area contributed by atoms with E-state index in [-0.39, 0.29) is 52.8 Å². The van der Waals surface area contributed by atoms with Crippen molar-refractivity contribution in [1.82, 2.24) is 9.97 Å². The highest BCUT2D eigenvalue weighted by atomic mass is 19.4. The number of aromatic carboxylic acids is 1. The third-order valence-corrected chi connectivity index (χ3v) is 7.16. The van der Waals surface area contributed by atoms with E-state index in [1.54, 1.807) is 13.8 Å². The molecule has 1 saturated carbocycles. The number of rotatable bonds is 9. The smallest absolute Gasteiger partial charge is 0.421 e. The minimum absolute atomic E-state index is 0.0692. The number of nitrogens with zero attached hydrogens (tertiary/aromatic N) is 2. The largest absolute Gasteiger partial charge is 0.489 e. The lowest BCUT2D eigenvalue weighted by atomic mass is 9.82. The SMILES string of the molecule is CC1CCC(C(=O)N(c2ccc(Oc3ncc(COc4cc[nH]c(=O)c4)cc3C(F)(F)F)cc2C(=O)O)C(C)C)CC1. The van der Waals surface area contributed by atoms with E-state index >= 15 is 0 Å². The van der Waals surface area contributed by atoms with E-state index in [0.29, 0.717) is 18.8 Å². The van der Waals surface area contributed by atoms with Crippen molar-refractivity contribution < 1.29 is 37.3 Å². The lowest BCUT2D eigenvalue weighted by Gasteiger charge is -2.34. The van der Waals surface area contributed by atoms with Crippen molar-refractivity contribution in [3.05, 3.63) is 75.8 Å². The average Bonchev–Trinajstić information content (AvgIpc) is 2.92. The molecular weight excluding hydrogens is 555 g/mol. The van der Waals surface area contributed by atoms with Crippen LogP contribution in [0.2, 0.25) is 0 Å². The molecule has 0 radical (unpaired) electrons. The summed E-state index contributed by atoms with van der Waals surface area (Å²) < 4.78 is 52.7. The minimum Gasteiger partial charge on any atom is -0.489 e. The van der Waals surface area contributed by atoms with Crippen LogP contribution in [0.5, 0.6) is 17.4 Å². The van der Waals surface area contributed by atoms with Gasteiger partial charge in [0.15, 0.2) is 0 Å². The second-order valence-corrected chi connectivity index (χ2v) is 10.7. The predicted molar refractivity (Wildman–Crippen MR) is 148 cm³/mol. The lowest BCUT2D eigenvalue weighted by molar-refractivity contribution is -0.139. The molecule has 0 aliphatic heterocycles. The Bertz CT molecular complexity index is 1500. The molecule has 1 amide bonds. The van der Waals surface area contributed by atoms with E-state index in [2.05, 4.69) is 16.9 Å². The van der Waals surface area contributed by atoms with Crippen molar-refractivity contribution in [2.75, 3.05) is 4.90 Å². The van der Waals surface area contributed by atoms with Crippen LogP contribution in [-0.2, 0) is 17.6 Å². The molecule has 42 heavy (non-hydrogen) atoms. The number of nitrogens with one attached hydrogen (secondary N) is 1. The number of hydrogen-bond acceptors (Lipinski definition) is 6. The number of aromatic amines is 1. The maximum Gasteiger partial charge on any atom is 0.421 e. The molecule has 1 aliphatic carbocycles. The van der Waals surface area contributed by atoms with Crippen LogP contribution in [0.1, 0.15) is 67.9 Å². The second-order valence-electron chi connectivity index (χ2n) is 10.7. The number of amides is 1. The number of carboxylic acid groups (broad SMARTS) is 1. The summed E-state index contributed by atoms with van der Waals surface area (Å²) in [6.07, 6.45) is 0.869. The molecule has 2 heterocycles. The number of carboxylic acids is 1. The third-order valence-electron chi connectivity index (χ3n) is 7.16. The Balaban J connectivity index is 1.61. The minimum atomic E-state index is -4.85. The summed E-state index contributed by atoms with van der Waals surface area (Å²) in [5.74, 6) is -2.04. The van der Waals surface area contributed by atoms with E-state index < -0.39 is 29.1 Å². The molecule has 0 saturated heterocycles. The van der Waals surface area contributed by atoms with Gasteiger partial charge in [-0.1, -0.05) is 6.92 Å². The molecule has 1 fully saturated rings. The van der Waals surface area contributed by atoms with E-state index in [1.165, 1.54) is 29.3 Å². The molecule has 224 valence electrons. The van der Waals surface area contributed by atoms with Crippen LogP contribution in [0.25, 0.3) is 0 Å². The molecule has 2 aromatic heterocycles. The van der Waals surface area contributed by atoms with Crippen molar-refractivity contribution in [2.24, 2.45) is 11.8 Å². The molecule has 0 atom stereocenters. The van der Waals surface area contributed by atoms with Gasteiger partial charge in [0.2, 0.25) is 11.8 Å².